The first-order valence-electron chi connectivity index (χ1n) is 16.1. The molecule has 0 aromatic heterocycles. The summed E-state index contributed by atoms with van der Waals surface area (Å²) in [6.07, 6.45) is 12.0. The summed E-state index contributed by atoms with van der Waals surface area (Å²) in [6.45, 7) is 22.6. The van der Waals surface area contributed by atoms with E-state index in [2.05, 4.69) is 90.3 Å². The van der Waals surface area contributed by atoms with Gasteiger partial charge >= 0.3 is 0 Å². The monoisotopic (exact) mass is 594 g/mol. The van der Waals surface area contributed by atoms with Gasteiger partial charge in [0.1, 0.15) is 11.5 Å². The third-order valence-electron chi connectivity index (χ3n) is 7.73. The van der Waals surface area contributed by atoms with E-state index in [1.807, 2.05) is 26.0 Å². The molecule has 0 spiro atoms. The Morgan fingerprint density at radius 1 is 0.955 bits per heavy atom. The molecule has 3 aromatic rings. The van der Waals surface area contributed by atoms with Crippen LogP contribution >= 0.6 is 0 Å². The van der Waals surface area contributed by atoms with Gasteiger partial charge in [0.25, 0.3) is 0 Å². The molecule has 2 aliphatic rings. The average Bonchev–Trinajstić information content (AvgIpc) is 3.71. The van der Waals surface area contributed by atoms with E-state index in [1.54, 1.807) is 11.6 Å². The molecule has 44 heavy (non-hydrogen) atoms. The maximum absolute atomic E-state index is 10.5. The predicted molar refractivity (Wildman–Crippen MR) is 190 cm³/mol. The van der Waals surface area contributed by atoms with Gasteiger partial charge in [0, 0.05) is 17.5 Å². The van der Waals surface area contributed by atoms with Gasteiger partial charge in [0.15, 0.2) is 5.78 Å². The van der Waals surface area contributed by atoms with Gasteiger partial charge in [0.2, 0.25) is 0 Å². The Kier molecular flexibility index (Phi) is 15.5. The maximum atomic E-state index is 10.5. The molecule has 5 rings (SSSR count). The van der Waals surface area contributed by atoms with Crippen LogP contribution < -0.4 is 4.74 Å². The molecule has 236 valence electrons. The molecule has 0 bridgehead atoms. The van der Waals surface area contributed by atoms with Crippen LogP contribution in [0, 0.1) is 33.6 Å². The Hall–Kier alpha value is -3.85. The van der Waals surface area contributed by atoms with E-state index >= 15 is 0 Å². The number of ketones is 1. The van der Waals surface area contributed by atoms with Crippen molar-refractivity contribution in [2.45, 2.75) is 93.4 Å². The second kappa shape index (κ2) is 18.7. The summed E-state index contributed by atoms with van der Waals surface area (Å²) in [4.78, 5) is 10.5. The van der Waals surface area contributed by atoms with Crippen LogP contribution in [-0.4, -0.2) is 17.5 Å². The van der Waals surface area contributed by atoms with Crippen LogP contribution in [0.4, 0.5) is 0 Å². The number of carbonyl (C=O) groups is 1. The van der Waals surface area contributed by atoms with E-state index in [0.717, 1.165) is 36.8 Å². The van der Waals surface area contributed by atoms with Crippen LogP contribution in [0.2, 0.25) is 0 Å². The van der Waals surface area contributed by atoms with E-state index in [9.17, 15) is 9.90 Å². The Morgan fingerprint density at radius 3 is 2.07 bits per heavy atom. The minimum absolute atomic E-state index is 0.222. The molecule has 3 heteroatoms. The number of aromatic hydroxyl groups is 1. The Labute approximate surface area is 267 Å². The normalized spacial score (nSPS) is 13.1. The Morgan fingerprint density at radius 2 is 1.61 bits per heavy atom. The van der Waals surface area contributed by atoms with Crippen molar-refractivity contribution in [2.24, 2.45) is 5.92 Å². The highest BCUT2D eigenvalue weighted by molar-refractivity contribution is 5.92. The summed E-state index contributed by atoms with van der Waals surface area (Å²) in [5.41, 5.74) is 11.7. The van der Waals surface area contributed by atoms with Crippen molar-refractivity contribution in [1.29, 1.82) is 0 Å². The Bertz CT molecular complexity index is 1420. The SMILES string of the molecule is C=C(C)c1ccc(OCCC)cc1O.C=CC(=O)C1CC1.CCc1ccc(C)cc1C.Cc1ccc(C2=CCCC2)c(C)c1. The molecule has 0 radical (unpaired) electrons. The molecule has 1 N–H and O–H groups in total. The van der Waals surface area contributed by atoms with Gasteiger partial charge < -0.3 is 9.84 Å². The van der Waals surface area contributed by atoms with Gasteiger partial charge in [-0.05, 0) is 131 Å². The predicted octanol–water partition coefficient (Wildman–Crippen LogP) is 11.1. The number of ether oxygens (including phenoxy) is 1. The molecule has 3 nitrogen and oxygen atoms in total. The fraction of sp³-hybridized carbons (Fsp3) is 0.390. The second-order valence-corrected chi connectivity index (χ2v) is 11.9. The van der Waals surface area contributed by atoms with E-state index in [1.165, 1.54) is 58.7 Å². The molecule has 0 aliphatic heterocycles. The van der Waals surface area contributed by atoms with Crippen LogP contribution in [0.1, 0.15) is 98.2 Å². The number of benzene rings is 3. The van der Waals surface area contributed by atoms with Gasteiger partial charge in [-0.3, -0.25) is 4.79 Å². The maximum Gasteiger partial charge on any atom is 0.158 e. The van der Waals surface area contributed by atoms with E-state index in [4.69, 9.17) is 4.74 Å². The molecule has 3 aromatic carbocycles. The molecule has 2 aliphatic carbocycles. The number of hydrogen-bond donors (Lipinski definition) is 1. The summed E-state index contributed by atoms with van der Waals surface area (Å²) in [7, 11) is 0. The minimum Gasteiger partial charge on any atom is -0.507 e. The van der Waals surface area contributed by atoms with Crippen molar-refractivity contribution < 1.29 is 14.6 Å². The number of phenolic OH excluding ortho intramolecular Hbond substituents is 1. The molecule has 0 saturated heterocycles. The first-order valence-corrected chi connectivity index (χ1v) is 16.1. The fourth-order valence-electron chi connectivity index (χ4n) is 5.05. The Balaban J connectivity index is 0.000000210. The lowest BCUT2D eigenvalue weighted by atomic mass is 9.98. The van der Waals surface area contributed by atoms with Crippen molar-refractivity contribution in [2.75, 3.05) is 6.61 Å². The molecular weight excluding hydrogens is 540 g/mol. The first-order chi connectivity index (χ1) is 21.0. The van der Waals surface area contributed by atoms with Crippen molar-refractivity contribution in [3.8, 4) is 11.5 Å². The largest absolute Gasteiger partial charge is 0.507 e. The zero-order chi connectivity index (χ0) is 32.6. The van der Waals surface area contributed by atoms with E-state index in [0.29, 0.717) is 18.3 Å². The first kappa shape index (κ1) is 36.3. The smallest absolute Gasteiger partial charge is 0.158 e. The number of phenols is 1. The van der Waals surface area contributed by atoms with Crippen molar-refractivity contribution >= 4 is 16.9 Å². The van der Waals surface area contributed by atoms with E-state index in [-0.39, 0.29) is 11.5 Å². The minimum atomic E-state index is 0.222. The van der Waals surface area contributed by atoms with Crippen LogP contribution in [0.3, 0.4) is 0 Å². The number of carbonyl (C=O) groups excluding carboxylic acids is 1. The average molecular weight is 595 g/mol. The highest BCUT2D eigenvalue weighted by atomic mass is 16.5. The standard InChI is InChI=1S/C13H16.C12H16O2.C10H14.C6H8O/c1-10-7-8-13(11(2)9-10)12-5-3-4-6-12;1-4-7-14-10-5-6-11(9(2)3)12(13)8-10;1-4-10-6-5-8(2)7-9(10)3;1-2-6(7)5-3-4-5/h5,7-9H,3-4,6H2,1-2H3;5-6,8,13H,2,4,7H2,1,3H3;5-7H,4H2,1-3H3;2,5H,1,3-4H2. The quantitative estimate of drug-likeness (QED) is 0.264. The van der Waals surface area contributed by atoms with Gasteiger partial charge in [-0.15, -0.1) is 0 Å². The van der Waals surface area contributed by atoms with Gasteiger partial charge in [0.05, 0.1) is 6.61 Å². The molecule has 1 saturated carbocycles. The van der Waals surface area contributed by atoms with Gasteiger partial charge in [-0.1, -0.05) is 80.6 Å². The molecular formula is C41H54O3. The summed E-state index contributed by atoms with van der Waals surface area (Å²) in [5.74, 6) is 1.51. The molecule has 0 atom stereocenters. The van der Waals surface area contributed by atoms with Crippen LogP contribution in [0.15, 0.2) is 79.9 Å². The van der Waals surface area contributed by atoms with Crippen molar-refractivity contribution in [3.05, 3.63) is 119 Å². The highest BCUT2D eigenvalue weighted by Gasteiger charge is 2.26. The summed E-state index contributed by atoms with van der Waals surface area (Å²) < 4.78 is 5.38. The summed E-state index contributed by atoms with van der Waals surface area (Å²) in [6, 6.07) is 18.7. The molecule has 0 unspecified atom stereocenters. The van der Waals surface area contributed by atoms with Crippen LogP contribution in [-0.2, 0) is 11.2 Å². The number of aryl methyl sites for hydroxylation is 5. The number of rotatable bonds is 8. The lowest BCUT2D eigenvalue weighted by molar-refractivity contribution is -0.115. The fourth-order valence-corrected chi connectivity index (χ4v) is 5.05. The van der Waals surface area contributed by atoms with Gasteiger partial charge in [-0.2, -0.15) is 0 Å². The third-order valence-corrected chi connectivity index (χ3v) is 7.73. The molecule has 1 fully saturated rings. The topological polar surface area (TPSA) is 46.5 Å². The van der Waals surface area contributed by atoms with Gasteiger partial charge in [-0.25, -0.2) is 0 Å². The zero-order valence-electron chi connectivity index (χ0n) is 28.3. The lowest BCUT2D eigenvalue weighted by Gasteiger charge is -2.08. The third kappa shape index (κ3) is 12.4. The van der Waals surface area contributed by atoms with E-state index < -0.39 is 0 Å². The number of allylic oxidation sites excluding steroid dienone is 4. The zero-order valence-corrected chi connectivity index (χ0v) is 28.3. The van der Waals surface area contributed by atoms with Crippen molar-refractivity contribution in [1.82, 2.24) is 0 Å². The second-order valence-electron chi connectivity index (χ2n) is 11.9. The highest BCUT2D eigenvalue weighted by Crippen LogP contribution is 2.31. The summed E-state index contributed by atoms with van der Waals surface area (Å²) in [5, 5.41) is 9.62. The lowest BCUT2D eigenvalue weighted by Crippen LogP contribution is -1.94. The molecule has 0 heterocycles. The van der Waals surface area contributed by atoms with Crippen LogP contribution in [0.5, 0.6) is 11.5 Å². The molecule has 0 amide bonds. The number of hydrogen-bond acceptors (Lipinski definition) is 3. The van der Waals surface area contributed by atoms with Crippen LogP contribution in [0.25, 0.3) is 11.1 Å². The summed E-state index contributed by atoms with van der Waals surface area (Å²) >= 11 is 0. The van der Waals surface area contributed by atoms with Crippen molar-refractivity contribution in [3.63, 3.8) is 0 Å².